The van der Waals surface area contributed by atoms with Gasteiger partial charge < -0.3 is 9.72 Å². The lowest BCUT2D eigenvalue weighted by Crippen LogP contribution is -2.35. The Bertz CT molecular complexity index is 1340. The summed E-state index contributed by atoms with van der Waals surface area (Å²) in [4.78, 5) is 18.9. The Kier molecular flexibility index (Phi) is 7.41. The van der Waals surface area contributed by atoms with Gasteiger partial charge in [-0.2, -0.15) is 0 Å². The second kappa shape index (κ2) is 11.0. The van der Waals surface area contributed by atoms with Gasteiger partial charge in [-0.15, -0.1) is 5.10 Å². The molecule has 36 heavy (non-hydrogen) atoms. The van der Waals surface area contributed by atoms with Gasteiger partial charge in [-0.05, 0) is 66.6 Å². The van der Waals surface area contributed by atoms with E-state index in [9.17, 15) is 4.79 Å². The Morgan fingerprint density at radius 3 is 2.64 bits per heavy atom. The van der Waals surface area contributed by atoms with Crippen molar-refractivity contribution in [2.24, 2.45) is 0 Å². The van der Waals surface area contributed by atoms with Crippen LogP contribution in [0.25, 0.3) is 10.9 Å². The topological polar surface area (TPSA) is 88.9 Å². The molecule has 0 radical (unpaired) electrons. The number of rotatable bonds is 9. The van der Waals surface area contributed by atoms with Gasteiger partial charge in [0.15, 0.2) is 5.82 Å². The first-order valence-electron chi connectivity index (χ1n) is 13.0. The first kappa shape index (κ1) is 24.2. The summed E-state index contributed by atoms with van der Waals surface area (Å²) in [6.07, 6.45) is 5.71. The summed E-state index contributed by atoms with van der Waals surface area (Å²) in [7, 11) is 0. The molecule has 0 aliphatic heterocycles. The smallest absolute Gasteiger partial charge is 0.253 e. The molecule has 1 aliphatic rings. The fraction of sp³-hybridized carbons (Fsp3) is 0.429. The number of tetrazole rings is 1. The largest absolute Gasteiger partial charge is 0.494 e. The highest BCUT2D eigenvalue weighted by Crippen LogP contribution is 2.34. The molecule has 5 rings (SSSR count). The number of benzene rings is 2. The average molecular weight is 487 g/mol. The van der Waals surface area contributed by atoms with Crippen LogP contribution in [0.1, 0.15) is 75.0 Å². The predicted octanol–water partition coefficient (Wildman–Crippen LogP) is 5.03. The molecule has 8 heteroatoms. The van der Waals surface area contributed by atoms with Crippen molar-refractivity contribution >= 4 is 10.9 Å². The minimum Gasteiger partial charge on any atom is -0.494 e. The summed E-state index contributed by atoms with van der Waals surface area (Å²) in [5.74, 6) is 1.51. The van der Waals surface area contributed by atoms with Crippen molar-refractivity contribution in [3.05, 3.63) is 81.9 Å². The minimum atomic E-state index is -0.393. The number of hydrogen-bond acceptors (Lipinski definition) is 6. The Hall–Kier alpha value is -3.52. The quantitative estimate of drug-likeness (QED) is 0.357. The van der Waals surface area contributed by atoms with E-state index in [0.717, 1.165) is 41.9 Å². The van der Waals surface area contributed by atoms with E-state index in [-0.39, 0.29) is 11.6 Å². The molecule has 188 valence electrons. The summed E-state index contributed by atoms with van der Waals surface area (Å²) in [5, 5.41) is 14.0. The molecule has 0 amide bonds. The van der Waals surface area contributed by atoms with E-state index in [1.165, 1.54) is 24.8 Å². The lowest BCUT2D eigenvalue weighted by atomic mass is 9.95. The highest BCUT2D eigenvalue weighted by Gasteiger charge is 2.32. The van der Waals surface area contributed by atoms with Gasteiger partial charge >= 0.3 is 0 Å². The fourth-order valence-electron chi connectivity index (χ4n) is 5.33. The second-order valence-corrected chi connectivity index (χ2v) is 9.46. The van der Waals surface area contributed by atoms with Gasteiger partial charge in [0.2, 0.25) is 0 Å². The van der Waals surface area contributed by atoms with E-state index in [4.69, 9.17) is 4.74 Å². The molecule has 0 saturated heterocycles. The van der Waals surface area contributed by atoms with Gasteiger partial charge in [-0.1, -0.05) is 56.5 Å². The van der Waals surface area contributed by atoms with Crippen molar-refractivity contribution in [3.63, 3.8) is 0 Å². The highest BCUT2D eigenvalue weighted by atomic mass is 16.5. The zero-order valence-electron chi connectivity index (χ0n) is 21.1. The first-order chi connectivity index (χ1) is 17.7. The van der Waals surface area contributed by atoms with Crippen LogP contribution in [-0.2, 0) is 6.54 Å². The number of nitrogens with one attached hydrogen (secondary N) is 1. The lowest BCUT2D eigenvalue weighted by Gasteiger charge is -2.32. The van der Waals surface area contributed by atoms with Crippen molar-refractivity contribution in [1.82, 2.24) is 30.1 Å². The monoisotopic (exact) mass is 486 g/mol. The van der Waals surface area contributed by atoms with Gasteiger partial charge in [0.1, 0.15) is 11.8 Å². The number of fused-ring (bicyclic) bond motifs is 1. The van der Waals surface area contributed by atoms with Gasteiger partial charge in [0, 0.05) is 23.0 Å². The Morgan fingerprint density at radius 1 is 1.08 bits per heavy atom. The van der Waals surface area contributed by atoms with Crippen LogP contribution >= 0.6 is 0 Å². The van der Waals surface area contributed by atoms with Crippen molar-refractivity contribution in [2.75, 3.05) is 13.2 Å². The molecule has 2 aromatic carbocycles. The summed E-state index contributed by atoms with van der Waals surface area (Å²) in [5.41, 5.74) is 2.47. The standard InChI is InChI=1S/C28H34N6O2/c1-3-33(19-20-11-7-5-8-12-20)26(27-30-31-32-34(27)22-13-9-6-10-14-22)24-18-21-17-23(36-4-2)15-16-25(21)29-28(24)35/h5,7-8,11-12,15-18,22,26H,3-4,6,9-10,13-14,19H2,1-2H3,(H,29,35). The van der Waals surface area contributed by atoms with E-state index in [0.29, 0.717) is 18.7 Å². The molecule has 0 bridgehead atoms. The molecule has 4 aromatic rings. The van der Waals surface area contributed by atoms with Crippen LogP contribution in [0, 0.1) is 0 Å². The molecule has 1 atom stereocenters. The number of H-pyrrole nitrogens is 1. The Morgan fingerprint density at radius 2 is 1.89 bits per heavy atom. The first-order valence-corrected chi connectivity index (χ1v) is 13.0. The average Bonchev–Trinajstić information content (AvgIpc) is 3.39. The number of pyridine rings is 1. The van der Waals surface area contributed by atoms with Crippen molar-refractivity contribution < 1.29 is 4.74 Å². The maximum absolute atomic E-state index is 13.5. The van der Waals surface area contributed by atoms with E-state index in [2.05, 4.69) is 44.5 Å². The van der Waals surface area contributed by atoms with Crippen LogP contribution in [0.15, 0.2) is 59.4 Å². The maximum Gasteiger partial charge on any atom is 0.253 e. The van der Waals surface area contributed by atoms with E-state index in [1.54, 1.807) is 0 Å². The highest BCUT2D eigenvalue weighted by molar-refractivity contribution is 5.80. The third kappa shape index (κ3) is 5.04. The molecule has 1 unspecified atom stereocenters. The van der Waals surface area contributed by atoms with Gasteiger partial charge in [-0.3, -0.25) is 9.69 Å². The van der Waals surface area contributed by atoms with E-state index in [1.807, 2.05) is 54.1 Å². The van der Waals surface area contributed by atoms with Crippen molar-refractivity contribution in [1.29, 1.82) is 0 Å². The molecule has 1 aliphatic carbocycles. The molecule has 2 heterocycles. The van der Waals surface area contributed by atoms with Crippen molar-refractivity contribution in [2.45, 2.75) is 64.6 Å². The summed E-state index contributed by atoms with van der Waals surface area (Å²) < 4.78 is 7.71. The van der Waals surface area contributed by atoms with Crippen LogP contribution < -0.4 is 10.3 Å². The molecular weight excluding hydrogens is 452 g/mol. The van der Waals surface area contributed by atoms with Gasteiger partial charge in [-0.25, -0.2) is 4.68 Å². The van der Waals surface area contributed by atoms with Crippen LogP contribution in [0.5, 0.6) is 5.75 Å². The lowest BCUT2D eigenvalue weighted by molar-refractivity contribution is 0.204. The number of ether oxygens (including phenoxy) is 1. The van der Waals surface area contributed by atoms with Crippen LogP contribution in [0.3, 0.4) is 0 Å². The van der Waals surface area contributed by atoms with E-state index >= 15 is 0 Å². The molecule has 1 fully saturated rings. The number of nitrogens with zero attached hydrogens (tertiary/aromatic N) is 5. The predicted molar refractivity (Wildman–Crippen MR) is 140 cm³/mol. The third-order valence-corrected chi connectivity index (χ3v) is 7.13. The van der Waals surface area contributed by atoms with E-state index < -0.39 is 6.04 Å². The normalized spacial score (nSPS) is 15.4. The zero-order valence-corrected chi connectivity index (χ0v) is 21.1. The molecule has 0 spiro atoms. The van der Waals surface area contributed by atoms with Gasteiger partial charge in [0.25, 0.3) is 5.56 Å². The van der Waals surface area contributed by atoms with Crippen molar-refractivity contribution in [3.8, 4) is 5.75 Å². The SMILES string of the molecule is CCOc1ccc2[nH]c(=O)c(C(c3nnnn3C3CCCCC3)N(CC)Cc3ccccc3)cc2c1. The number of hydrogen-bond donors (Lipinski definition) is 1. The zero-order chi connectivity index (χ0) is 24.9. The molecule has 1 N–H and O–H groups in total. The Labute approximate surface area is 211 Å². The van der Waals surface area contributed by atoms with Crippen LogP contribution in [0.2, 0.25) is 0 Å². The number of aromatic nitrogens is 5. The van der Waals surface area contributed by atoms with Crippen LogP contribution in [0.4, 0.5) is 0 Å². The molecule has 1 saturated carbocycles. The minimum absolute atomic E-state index is 0.124. The van der Waals surface area contributed by atoms with Gasteiger partial charge in [0.05, 0.1) is 12.6 Å². The van der Waals surface area contributed by atoms with Crippen LogP contribution in [-0.4, -0.2) is 43.2 Å². The summed E-state index contributed by atoms with van der Waals surface area (Å²) >= 11 is 0. The maximum atomic E-state index is 13.5. The summed E-state index contributed by atoms with van der Waals surface area (Å²) in [6, 6.07) is 17.9. The second-order valence-electron chi connectivity index (χ2n) is 9.46. The molecular formula is C28H34N6O2. The Balaban J connectivity index is 1.64. The third-order valence-electron chi connectivity index (χ3n) is 7.13. The number of aromatic amines is 1. The summed E-state index contributed by atoms with van der Waals surface area (Å²) in [6.45, 7) is 6.07. The molecule has 2 aromatic heterocycles. The molecule has 8 nitrogen and oxygen atoms in total. The fourth-order valence-corrected chi connectivity index (χ4v) is 5.33.